The van der Waals surface area contributed by atoms with Gasteiger partial charge in [-0.15, -0.1) is 0 Å². The minimum Gasteiger partial charge on any atom is -0.373 e. The maximum Gasteiger partial charge on any atom is 0.223 e. The SMILES string of the molecule is CCC(=O)N/C(CC)=C(\C)CC(C)N1CC(C)OC(C)C1. The summed E-state index contributed by atoms with van der Waals surface area (Å²) in [4.78, 5) is 14.1. The second kappa shape index (κ2) is 8.54. The Labute approximate surface area is 129 Å². The predicted octanol–water partition coefficient (Wildman–Crippen LogP) is 3.08. The van der Waals surface area contributed by atoms with Crippen molar-refractivity contribution in [2.45, 2.75) is 79.1 Å². The number of carbonyl (C=O) groups is 1. The van der Waals surface area contributed by atoms with E-state index in [2.05, 4.69) is 44.8 Å². The monoisotopic (exact) mass is 296 g/mol. The smallest absolute Gasteiger partial charge is 0.223 e. The van der Waals surface area contributed by atoms with Crippen molar-refractivity contribution >= 4 is 5.91 Å². The number of amides is 1. The second-order valence-electron chi connectivity index (χ2n) is 6.28. The summed E-state index contributed by atoms with van der Waals surface area (Å²) in [5.74, 6) is 0.104. The number of nitrogens with zero attached hydrogens (tertiary/aromatic N) is 1. The Balaban J connectivity index is 2.66. The highest BCUT2D eigenvalue weighted by Crippen LogP contribution is 2.20. The van der Waals surface area contributed by atoms with Crippen molar-refractivity contribution in [2.24, 2.45) is 0 Å². The fraction of sp³-hybridized carbons (Fsp3) is 0.824. The Morgan fingerprint density at radius 3 is 2.29 bits per heavy atom. The lowest BCUT2D eigenvalue weighted by Crippen LogP contribution is -2.49. The van der Waals surface area contributed by atoms with E-state index in [9.17, 15) is 4.79 Å². The van der Waals surface area contributed by atoms with Crippen LogP contribution in [-0.4, -0.2) is 42.1 Å². The molecule has 1 N–H and O–H groups in total. The van der Waals surface area contributed by atoms with Crippen molar-refractivity contribution in [3.8, 4) is 0 Å². The van der Waals surface area contributed by atoms with E-state index in [1.54, 1.807) is 0 Å². The van der Waals surface area contributed by atoms with Gasteiger partial charge in [-0.05, 0) is 40.5 Å². The molecule has 3 atom stereocenters. The second-order valence-corrected chi connectivity index (χ2v) is 6.28. The standard InChI is InChI=1S/C17H32N2O2/c1-7-16(18-17(20)8-2)12(3)9-13(4)19-10-14(5)21-15(6)11-19/h13-15H,7-11H2,1-6H3,(H,18,20)/b16-12+. The Hall–Kier alpha value is -0.870. The van der Waals surface area contributed by atoms with Crippen LogP contribution in [-0.2, 0) is 9.53 Å². The number of morpholine rings is 1. The number of carbonyl (C=O) groups excluding carboxylic acids is 1. The molecule has 4 nitrogen and oxygen atoms in total. The van der Waals surface area contributed by atoms with Crippen molar-refractivity contribution in [3.05, 3.63) is 11.3 Å². The van der Waals surface area contributed by atoms with Crippen LogP contribution in [0.25, 0.3) is 0 Å². The highest BCUT2D eigenvalue weighted by Gasteiger charge is 2.26. The Morgan fingerprint density at radius 2 is 1.81 bits per heavy atom. The lowest BCUT2D eigenvalue weighted by molar-refractivity contribution is -0.120. The van der Waals surface area contributed by atoms with E-state index in [1.165, 1.54) is 5.57 Å². The molecule has 1 fully saturated rings. The van der Waals surface area contributed by atoms with Crippen molar-refractivity contribution in [3.63, 3.8) is 0 Å². The summed E-state index contributed by atoms with van der Waals surface area (Å²) in [6, 6.07) is 0.471. The molecule has 0 aromatic carbocycles. The van der Waals surface area contributed by atoms with Crippen molar-refractivity contribution in [2.75, 3.05) is 13.1 Å². The summed E-state index contributed by atoms with van der Waals surface area (Å²) in [7, 11) is 0. The van der Waals surface area contributed by atoms with Gasteiger partial charge in [0, 0.05) is 31.2 Å². The third-order valence-corrected chi connectivity index (χ3v) is 4.15. The van der Waals surface area contributed by atoms with Crippen LogP contribution in [0.15, 0.2) is 11.3 Å². The number of hydrogen-bond donors (Lipinski definition) is 1. The highest BCUT2D eigenvalue weighted by molar-refractivity contribution is 5.77. The topological polar surface area (TPSA) is 41.6 Å². The van der Waals surface area contributed by atoms with E-state index in [0.29, 0.717) is 24.7 Å². The summed E-state index contributed by atoms with van der Waals surface area (Å²) >= 11 is 0. The van der Waals surface area contributed by atoms with Crippen LogP contribution in [0, 0.1) is 0 Å². The van der Waals surface area contributed by atoms with E-state index in [0.717, 1.165) is 31.6 Å². The quantitative estimate of drug-likeness (QED) is 0.819. The summed E-state index contributed by atoms with van der Waals surface area (Å²) in [5.41, 5.74) is 2.38. The first-order valence-corrected chi connectivity index (χ1v) is 8.25. The van der Waals surface area contributed by atoms with Gasteiger partial charge in [-0.2, -0.15) is 0 Å². The molecule has 1 saturated heterocycles. The lowest BCUT2D eigenvalue weighted by atomic mass is 10.0. The number of hydrogen-bond acceptors (Lipinski definition) is 3. The fourth-order valence-electron chi connectivity index (χ4n) is 3.03. The van der Waals surface area contributed by atoms with Crippen LogP contribution in [0.3, 0.4) is 0 Å². The minimum atomic E-state index is 0.104. The first kappa shape index (κ1) is 18.2. The Bertz CT molecular complexity index is 369. The molecular formula is C17H32N2O2. The van der Waals surface area contributed by atoms with Gasteiger partial charge in [-0.1, -0.05) is 19.4 Å². The van der Waals surface area contributed by atoms with E-state index in [4.69, 9.17) is 4.74 Å². The zero-order chi connectivity index (χ0) is 16.0. The van der Waals surface area contributed by atoms with Gasteiger partial charge in [0.15, 0.2) is 0 Å². The molecule has 4 heteroatoms. The molecule has 0 bridgehead atoms. The first-order chi connectivity index (χ1) is 9.87. The summed E-state index contributed by atoms with van der Waals surface area (Å²) in [6.45, 7) is 14.6. The molecule has 0 aromatic rings. The Morgan fingerprint density at radius 1 is 1.24 bits per heavy atom. The average molecular weight is 296 g/mol. The van der Waals surface area contributed by atoms with Crippen LogP contribution in [0.4, 0.5) is 0 Å². The van der Waals surface area contributed by atoms with Crippen LogP contribution in [0.1, 0.15) is 60.8 Å². The summed E-state index contributed by atoms with van der Waals surface area (Å²) in [5, 5.41) is 3.04. The number of nitrogens with one attached hydrogen (secondary N) is 1. The summed E-state index contributed by atoms with van der Waals surface area (Å²) in [6.07, 6.45) is 2.99. The fourth-order valence-corrected chi connectivity index (χ4v) is 3.03. The van der Waals surface area contributed by atoms with Gasteiger partial charge in [0.1, 0.15) is 0 Å². The molecule has 0 spiro atoms. The normalized spacial score (nSPS) is 26.2. The molecule has 0 aliphatic carbocycles. The molecule has 122 valence electrons. The van der Waals surface area contributed by atoms with Gasteiger partial charge in [0.2, 0.25) is 5.91 Å². The molecule has 0 radical (unpaired) electrons. The third kappa shape index (κ3) is 5.79. The predicted molar refractivity (Wildman–Crippen MR) is 87.1 cm³/mol. The van der Waals surface area contributed by atoms with Gasteiger partial charge in [0.05, 0.1) is 12.2 Å². The van der Waals surface area contributed by atoms with Crippen LogP contribution < -0.4 is 5.32 Å². The zero-order valence-electron chi connectivity index (χ0n) is 14.5. The van der Waals surface area contributed by atoms with E-state index in [1.807, 2.05) is 6.92 Å². The number of rotatable bonds is 6. The first-order valence-electron chi connectivity index (χ1n) is 8.25. The van der Waals surface area contributed by atoms with E-state index in [-0.39, 0.29) is 5.91 Å². The maximum atomic E-state index is 11.6. The van der Waals surface area contributed by atoms with Gasteiger partial charge in [-0.25, -0.2) is 0 Å². The zero-order valence-corrected chi connectivity index (χ0v) is 14.5. The van der Waals surface area contributed by atoms with Gasteiger partial charge >= 0.3 is 0 Å². The number of allylic oxidation sites excluding steroid dienone is 1. The largest absolute Gasteiger partial charge is 0.373 e. The molecule has 1 aliphatic heterocycles. The van der Waals surface area contributed by atoms with Crippen molar-refractivity contribution < 1.29 is 9.53 Å². The lowest BCUT2D eigenvalue weighted by Gasteiger charge is -2.39. The minimum absolute atomic E-state index is 0.104. The van der Waals surface area contributed by atoms with Crippen molar-refractivity contribution in [1.29, 1.82) is 0 Å². The molecule has 0 aromatic heterocycles. The molecule has 1 heterocycles. The molecule has 3 unspecified atom stereocenters. The molecule has 1 amide bonds. The van der Waals surface area contributed by atoms with Crippen LogP contribution in [0.2, 0.25) is 0 Å². The van der Waals surface area contributed by atoms with Gasteiger partial charge in [0.25, 0.3) is 0 Å². The van der Waals surface area contributed by atoms with E-state index < -0.39 is 0 Å². The van der Waals surface area contributed by atoms with Crippen molar-refractivity contribution in [1.82, 2.24) is 10.2 Å². The summed E-state index contributed by atoms with van der Waals surface area (Å²) < 4.78 is 5.80. The highest BCUT2D eigenvalue weighted by atomic mass is 16.5. The van der Waals surface area contributed by atoms with Crippen LogP contribution in [0.5, 0.6) is 0 Å². The van der Waals surface area contributed by atoms with Gasteiger partial charge in [-0.3, -0.25) is 9.69 Å². The Kier molecular flexibility index (Phi) is 7.40. The van der Waals surface area contributed by atoms with E-state index >= 15 is 0 Å². The molecule has 1 rings (SSSR count). The molecule has 21 heavy (non-hydrogen) atoms. The molecule has 0 saturated carbocycles. The maximum absolute atomic E-state index is 11.6. The third-order valence-electron chi connectivity index (χ3n) is 4.15. The average Bonchev–Trinajstić information content (AvgIpc) is 2.43. The molecular weight excluding hydrogens is 264 g/mol. The van der Waals surface area contributed by atoms with Crippen LogP contribution >= 0.6 is 0 Å². The number of ether oxygens (including phenoxy) is 1. The van der Waals surface area contributed by atoms with Gasteiger partial charge < -0.3 is 10.1 Å². The molecule has 1 aliphatic rings.